The maximum Gasteiger partial charge on any atom is 0.243 e. The predicted octanol–water partition coefficient (Wildman–Crippen LogP) is 0.293. The molecule has 0 radical (unpaired) electrons. The van der Waals surface area contributed by atoms with Gasteiger partial charge in [0, 0.05) is 7.11 Å². The van der Waals surface area contributed by atoms with Crippen LogP contribution in [0.4, 0.5) is 0 Å². The largest absolute Gasteiger partial charge is 0.376 e. The van der Waals surface area contributed by atoms with Crippen LogP contribution < -0.4 is 5.32 Å². The smallest absolute Gasteiger partial charge is 0.243 e. The number of rotatable bonds is 4. The highest BCUT2D eigenvalue weighted by molar-refractivity contribution is 5.94. The molecule has 0 aromatic rings. The minimum Gasteiger partial charge on any atom is -0.376 e. The molecule has 5 nitrogen and oxygen atoms in total. The highest BCUT2D eigenvalue weighted by Crippen LogP contribution is 2.36. The summed E-state index contributed by atoms with van der Waals surface area (Å²) in [5, 5.41) is 2.63. The molecule has 2 fully saturated rings. The Morgan fingerprint density at radius 1 is 1.47 bits per heavy atom. The Hall–Kier alpha value is -1.10. The van der Waals surface area contributed by atoms with Gasteiger partial charge in [-0.15, -0.1) is 0 Å². The van der Waals surface area contributed by atoms with Crippen molar-refractivity contribution in [2.45, 2.75) is 44.2 Å². The van der Waals surface area contributed by atoms with E-state index in [4.69, 9.17) is 4.74 Å². The molecule has 0 bridgehead atoms. The molecule has 17 heavy (non-hydrogen) atoms. The van der Waals surface area contributed by atoms with E-state index in [0.29, 0.717) is 13.0 Å². The Balaban J connectivity index is 2.10. The van der Waals surface area contributed by atoms with Crippen molar-refractivity contribution in [3.8, 4) is 0 Å². The lowest BCUT2D eigenvalue weighted by Crippen LogP contribution is -2.62. The van der Waals surface area contributed by atoms with Gasteiger partial charge in [-0.05, 0) is 25.7 Å². The van der Waals surface area contributed by atoms with Gasteiger partial charge in [-0.2, -0.15) is 0 Å². The van der Waals surface area contributed by atoms with Gasteiger partial charge in [-0.25, -0.2) is 0 Å². The molecule has 1 aliphatic carbocycles. The number of methoxy groups -OCH3 is 1. The van der Waals surface area contributed by atoms with E-state index in [2.05, 4.69) is 5.32 Å². The molecule has 1 aliphatic heterocycles. The fraction of sp³-hybridized carbons (Fsp3) is 0.833. The zero-order chi connectivity index (χ0) is 12.5. The first kappa shape index (κ1) is 12.4. The Morgan fingerprint density at radius 2 is 2.18 bits per heavy atom. The van der Waals surface area contributed by atoms with E-state index < -0.39 is 0 Å². The van der Waals surface area contributed by atoms with Crippen LogP contribution in [0.25, 0.3) is 0 Å². The molecule has 1 saturated heterocycles. The molecule has 1 N–H and O–H groups in total. The number of ether oxygens (including phenoxy) is 1. The van der Waals surface area contributed by atoms with Crippen LogP contribution in [-0.4, -0.2) is 48.6 Å². The van der Waals surface area contributed by atoms with Gasteiger partial charge in [0.15, 0.2) is 0 Å². The van der Waals surface area contributed by atoms with Crippen LogP contribution in [0.3, 0.4) is 0 Å². The Morgan fingerprint density at radius 3 is 2.65 bits per heavy atom. The summed E-state index contributed by atoms with van der Waals surface area (Å²) in [7, 11) is 1.69. The molecule has 1 saturated carbocycles. The number of nitrogens with one attached hydrogen (secondary N) is 1. The first-order valence-corrected chi connectivity index (χ1v) is 6.24. The Bertz CT molecular complexity index is 320. The van der Waals surface area contributed by atoms with Crippen molar-refractivity contribution in [1.29, 1.82) is 0 Å². The molecule has 2 amide bonds. The summed E-state index contributed by atoms with van der Waals surface area (Å²) in [4.78, 5) is 25.3. The summed E-state index contributed by atoms with van der Waals surface area (Å²) in [6, 6.07) is -0.330. The fourth-order valence-corrected chi connectivity index (χ4v) is 2.61. The van der Waals surface area contributed by atoms with Crippen LogP contribution in [0.1, 0.15) is 32.6 Å². The van der Waals surface area contributed by atoms with E-state index >= 15 is 0 Å². The molecule has 0 aromatic carbocycles. The first-order chi connectivity index (χ1) is 8.12. The molecule has 1 heterocycles. The topological polar surface area (TPSA) is 58.6 Å². The number of nitrogens with zero attached hydrogens (tertiary/aromatic N) is 1. The third kappa shape index (κ3) is 2.16. The predicted molar refractivity (Wildman–Crippen MR) is 62.4 cm³/mol. The van der Waals surface area contributed by atoms with Gasteiger partial charge in [0.25, 0.3) is 0 Å². The quantitative estimate of drug-likeness (QED) is 0.768. The molecule has 1 unspecified atom stereocenters. The second-order valence-electron chi connectivity index (χ2n) is 4.90. The lowest BCUT2D eigenvalue weighted by Gasteiger charge is -2.46. The average molecular weight is 240 g/mol. The number of hydrogen-bond donors (Lipinski definition) is 1. The maximum absolute atomic E-state index is 11.9. The summed E-state index contributed by atoms with van der Waals surface area (Å²) >= 11 is 0. The molecule has 1 atom stereocenters. The number of piperazine rings is 1. The van der Waals surface area contributed by atoms with Crippen LogP contribution in [-0.2, 0) is 14.3 Å². The summed E-state index contributed by atoms with van der Waals surface area (Å²) in [6.07, 6.45) is 3.74. The fourth-order valence-electron chi connectivity index (χ4n) is 2.61. The zero-order valence-electron chi connectivity index (χ0n) is 10.5. The maximum atomic E-state index is 11.9. The number of carbonyl (C=O) groups is 2. The number of hydrogen-bond acceptors (Lipinski definition) is 3. The summed E-state index contributed by atoms with van der Waals surface area (Å²) in [5.41, 5.74) is -0.208. The van der Waals surface area contributed by atoms with Gasteiger partial charge < -0.3 is 15.0 Å². The van der Waals surface area contributed by atoms with Crippen molar-refractivity contribution in [3.63, 3.8) is 0 Å². The van der Waals surface area contributed by atoms with E-state index in [-0.39, 0.29) is 30.0 Å². The minimum absolute atomic E-state index is 0.000208. The summed E-state index contributed by atoms with van der Waals surface area (Å²) in [6.45, 7) is 2.60. The third-order valence-electron chi connectivity index (χ3n) is 3.96. The molecule has 96 valence electrons. The summed E-state index contributed by atoms with van der Waals surface area (Å²) in [5.74, 6) is -0.0440. The van der Waals surface area contributed by atoms with Crippen LogP contribution in [0.2, 0.25) is 0 Å². The summed E-state index contributed by atoms with van der Waals surface area (Å²) < 4.78 is 5.53. The van der Waals surface area contributed by atoms with E-state index in [9.17, 15) is 9.59 Å². The second-order valence-corrected chi connectivity index (χ2v) is 4.90. The van der Waals surface area contributed by atoms with Crippen molar-refractivity contribution in [1.82, 2.24) is 10.2 Å². The van der Waals surface area contributed by atoms with E-state index in [1.165, 1.54) is 0 Å². The number of carbonyl (C=O) groups excluding carboxylic acids is 2. The van der Waals surface area contributed by atoms with Gasteiger partial charge in [0.2, 0.25) is 11.8 Å². The Labute approximate surface area is 101 Å². The van der Waals surface area contributed by atoms with Crippen LogP contribution >= 0.6 is 0 Å². The molecular weight excluding hydrogens is 220 g/mol. The van der Waals surface area contributed by atoms with Gasteiger partial charge >= 0.3 is 0 Å². The number of amides is 2. The van der Waals surface area contributed by atoms with Crippen molar-refractivity contribution in [2.24, 2.45) is 0 Å². The van der Waals surface area contributed by atoms with E-state index in [1.807, 2.05) is 6.92 Å². The molecule has 5 heteroatoms. The van der Waals surface area contributed by atoms with E-state index in [0.717, 1.165) is 19.3 Å². The first-order valence-electron chi connectivity index (χ1n) is 6.24. The van der Waals surface area contributed by atoms with Gasteiger partial charge in [-0.1, -0.05) is 6.92 Å². The highest BCUT2D eigenvalue weighted by Gasteiger charge is 2.43. The van der Waals surface area contributed by atoms with Gasteiger partial charge in [-0.3, -0.25) is 9.59 Å². The lowest BCUT2D eigenvalue weighted by molar-refractivity contribution is -0.155. The molecule has 0 aromatic heterocycles. The van der Waals surface area contributed by atoms with Crippen LogP contribution in [0.5, 0.6) is 0 Å². The SMILES string of the molecule is CCC1C(=O)NCC(=O)N1CC1(OC)CCC1. The third-order valence-corrected chi connectivity index (χ3v) is 3.96. The van der Waals surface area contributed by atoms with Crippen molar-refractivity contribution >= 4 is 11.8 Å². The molecule has 2 rings (SSSR count). The lowest BCUT2D eigenvalue weighted by atomic mass is 9.79. The van der Waals surface area contributed by atoms with Gasteiger partial charge in [0.05, 0.1) is 18.7 Å². The normalized spacial score (nSPS) is 27.6. The standard InChI is InChI=1S/C12H20N2O3/c1-3-9-11(16)13-7-10(15)14(9)8-12(17-2)5-4-6-12/h9H,3-8H2,1-2H3,(H,13,16). The monoisotopic (exact) mass is 240 g/mol. The zero-order valence-corrected chi connectivity index (χ0v) is 10.5. The molecular formula is C12H20N2O3. The minimum atomic E-state index is -0.330. The van der Waals surface area contributed by atoms with Crippen molar-refractivity contribution < 1.29 is 14.3 Å². The highest BCUT2D eigenvalue weighted by atomic mass is 16.5. The van der Waals surface area contributed by atoms with Crippen LogP contribution in [0.15, 0.2) is 0 Å². The average Bonchev–Trinajstić information content (AvgIpc) is 2.28. The molecule has 2 aliphatic rings. The van der Waals surface area contributed by atoms with Gasteiger partial charge in [0.1, 0.15) is 6.04 Å². The molecule has 0 spiro atoms. The second kappa shape index (κ2) is 4.64. The Kier molecular flexibility index (Phi) is 3.38. The van der Waals surface area contributed by atoms with Crippen molar-refractivity contribution in [3.05, 3.63) is 0 Å². The van der Waals surface area contributed by atoms with E-state index in [1.54, 1.807) is 12.0 Å². The van der Waals surface area contributed by atoms with Crippen LogP contribution in [0, 0.1) is 0 Å². The van der Waals surface area contributed by atoms with Crippen molar-refractivity contribution in [2.75, 3.05) is 20.2 Å².